The van der Waals surface area contributed by atoms with E-state index in [1.165, 1.54) is 30.9 Å². The van der Waals surface area contributed by atoms with Gasteiger partial charge < -0.3 is 15.0 Å². The zero-order valence-corrected chi connectivity index (χ0v) is 20.1. The van der Waals surface area contributed by atoms with Gasteiger partial charge >= 0.3 is 5.97 Å². The molecular weight excluding hydrogens is 442 g/mol. The Bertz CT molecular complexity index is 853. The van der Waals surface area contributed by atoms with Crippen molar-refractivity contribution in [2.24, 2.45) is 0 Å². The molecule has 2 N–H and O–H groups in total. The zero-order valence-electron chi connectivity index (χ0n) is 18.5. The molecule has 0 saturated heterocycles. The van der Waals surface area contributed by atoms with Crippen LogP contribution in [0.1, 0.15) is 27.2 Å². The number of carbonyl (C=O) groups excluding carboxylic acids is 3. The summed E-state index contributed by atoms with van der Waals surface area (Å²) in [5, 5.41) is 2.73. The molecule has 1 unspecified atom stereocenters. The number of amides is 2. The normalized spacial score (nSPS) is 12.7. The Morgan fingerprint density at radius 2 is 1.77 bits per heavy atom. The lowest BCUT2D eigenvalue weighted by Crippen LogP contribution is -2.47. The molecule has 1 aromatic rings. The summed E-state index contributed by atoms with van der Waals surface area (Å²) in [6, 6.07) is 6.53. The van der Waals surface area contributed by atoms with E-state index in [1.807, 2.05) is 27.0 Å². The number of rotatable bonds is 11. The number of ether oxygens (including phenoxy) is 1. The first kappa shape index (κ1) is 26.9. The second-order valence-electron chi connectivity index (χ2n) is 7.92. The average Bonchev–Trinajstić information content (AvgIpc) is 2.68. The maximum atomic E-state index is 12.5. The highest BCUT2D eigenvalue weighted by molar-refractivity contribution is 7.98. The molecule has 1 rings (SSSR count). The van der Waals surface area contributed by atoms with Crippen LogP contribution in [-0.4, -0.2) is 74.9 Å². The summed E-state index contributed by atoms with van der Waals surface area (Å²) in [6.07, 6.45) is 2.03. The number of thioether (sulfide) groups is 1. The van der Waals surface area contributed by atoms with Gasteiger partial charge in [-0.05, 0) is 51.3 Å². The highest BCUT2D eigenvalue weighted by Crippen LogP contribution is 2.11. The van der Waals surface area contributed by atoms with Gasteiger partial charge in [0.25, 0.3) is 5.91 Å². The van der Waals surface area contributed by atoms with Crippen LogP contribution in [0.3, 0.4) is 0 Å². The summed E-state index contributed by atoms with van der Waals surface area (Å²) in [5.74, 6) is -1.26. The Morgan fingerprint density at radius 3 is 2.32 bits per heavy atom. The van der Waals surface area contributed by atoms with Gasteiger partial charge in [-0.1, -0.05) is 18.2 Å². The first-order valence-electron chi connectivity index (χ1n) is 9.63. The molecule has 0 saturated carbocycles. The second kappa shape index (κ2) is 12.1. The van der Waals surface area contributed by atoms with Gasteiger partial charge in [-0.15, -0.1) is 0 Å². The van der Waals surface area contributed by atoms with Gasteiger partial charge in [-0.25, -0.2) is 8.42 Å². The smallest absolute Gasteiger partial charge is 0.324 e. The summed E-state index contributed by atoms with van der Waals surface area (Å²) in [5.41, 5.74) is -0.437. The third kappa shape index (κ3) is 10.2. The van der Waals surface area contributed by atoms with Crippen LogP contribution < -0.4 is 10.0 Å². The van der Waals surface area contributed by atoms with Gasteiger partial charge in [0.1, 0.15) is 6.04 Å². The van der Waals surface area contributed by atoms with Gasteiger partial charge in [0, 0.05) is 12.6 Å². The number of esters is 1. The molecule has 0 fully saturated rings. The largest absolute Gasteiger partial charge is 0.454 e. The first-order valence-corrected chi connectivity index (χ1v) is 12.5. The van der Waals surface area contributed by atoms with E-state index in [0.29, 0.717) is 5.75 Å². The van der Waals surface area contributed by atoms with E-state index < -0.39 is 40.1 Å². The van der Waals surface area contributed by atoms with Crippen LogP contribution in [0.25, 0.3) is 0 Å². The van der Waals surface area contributed by atoms with Crippen molar-refractivity contribution in [2.75, 3.05) is 32.2 Å². The molecule has 1 atom stereocenters. The standard InChI is InChI=1S/C20H31N3O6S2/c1-20(2,3)21-17(24)13-23(4)18(25)14-29-19(26)16(11-12-30-5)22-31(27,28)15-9-7-6-8-10-15/h6-10,16,22H,11-14H2,1-5H3,(H,21,24). The van der Waals surface area contributed by atoms with Gasteiger partial charge in [0.05, 0.1) is 11.4 Å². The predicted octanol–water partition coefficient (Wildman–Crippen LogP) is 1.00. The molecule has 0 aromatic heterocycles. The fraction of sp³-hybridized carbons (Fsp3) is 0.550. The van der Waals surface area contributed by atoms with Crippen LogP contribution >= 0.6 is 11.8 Å². The molecule has 0 bridgehead atoms. The number of sulfonamides is 1. The third-order valence-electron chi connectivity index (χ3n) is 3.90. The molecule has 0 aliphatic carbocycles. The van der Waals surface area contributed by atoms with Gasteiger partial charge in [0.2, 0.25) is 15.9 Å². The average molecular weight is 474 g/mol. The summed E-state index contributed by atoms with van der Waals surface area (Å²) in [6.45, 7) is 4.67. The molecule has 11 heteroatoms. The van der Waals surface area contributed by atoms with Gasteiger partial charge in [0.15, 0.2) is 6.61 Å². The molecule has 1 aromatic carbocycles. The molecule has 2 amide bonds. The van der Waals surface area contributed by atoms with Gasteiger partial charge in [-0.3, -0.25) is 14.4 Å². The van der Waals surface area contributed by atoms with Crippen molar-refractivity contribution in [1.29, 1.82) is 0 Å². The van der Waals surface area contributed by atoms with E-state index in [9.17, 15) is 22.8 Å². The summed E-state index contributed by atoms with van der Waals surface area (Å²) < 4.78 is 32.5. The lowest BCUT2D eigenvalue weighted by molar-refractivity contribution is -0.153. The summed E-state index contributed by atoms with van der Waals surface area (Å²) in [7, 11) is -2.51. The topological polar surface area (TPSA) is 122 Å². The number of nitrogens with zero attached hydrogens (tertiary/aromatic N) is 1. The van der Waals surface area contributed by atoms with Crippen molar-refractivity contribution in [3.63, 3.8) is 0 Å². The third-order valence-corrected chi connectivity index (χ3v) is 6.04. The van der Waals surface area contributed by atoms with Crippen LogP contribution in [0, 0.1) is 0 Å². The Kier molecular flexibility index (Phi) is 10.5. The highest BCUT2D eigenvalue weighted by Gasteiger charge is 2.27. The fourth-order valence-electron chi connectivity index (χ4n) is 2.42. The molecule has 0 heterocycles. The summed E-state index contributed by atoms with van der Waals surface area (Å²) >= 11 is 1.45. The van der Waals surface area contributed by atoms with E-state index in [2.05, 4.69) is 10.0 Å². The predicted molar refractivity (Wildman–Crippen MR) is 120 cm³/mol. The monoisotopic (exact) mass is 473 g/mol. The Morgan fingerprint density at radius 1 is 1.16 bits per heavy atom. The molecule has 0 aliphatic heterocycles. The minimum atomic E-state index is -3.93. The van der Waals surface area contributed by atoms with Crippen LogP contribution in [0.2, 0.25) is 0 Å². The van der Waals surface area contributed by atoms with E-state index in [4.69, 9.17) is 4.74 Å². The highest BCUT2D eigenvalue weighted by atomic mass is 32.2. The van der Waals surface area contributed by atoms with Crippen molar-refractivity contribution >= 4 is 39.6 Å². The SMILES string of the molecule is CSCCC(NS(=O)(=O)c1ccccc1)C(=O)OCC(=O)N(C)CC(=O)NC(C)(C)C. The maximum absolute atomic E-state index is 12.5. The van der Waals surface area contributed by atoms with Crippen LogP contribution in [0.4, 0.5) is 0 Å². The molecule has 0 spiro atoms. The molecule has 9 nitrogen and oxygen atoms in total. The molecule has 0 aliphatic rings. The number of benzene rings is 1. The minimum Gasteiger partial charge on any atom is -0.454 e. The first-order chi connectivity index (χ1) is 14.4. The minimum absolute atomic E-state index is 0.0256. The number of carbonyl (C=O) groups is 3. The van der Waals surface area contributed by atoms with E-state index in [1.54, 1.807) is 18.2 Å². The molecule has 31 heavy (non-hydrogen) atoms. The Hall–Kier alpha value is -2.11. The Labute approximate surface area is 188 Å². The number of likely N-dealkylation sites (N-methyl/N-ethyl adjacent to an activating group) is 1. The van der Waals surface area contributed by atoms with E-state index in [0.717, 1.165) is 4.90 Å². The van der Waals surface area contributed by atoms with Crippen molar-refractivity contribution in [3.05, 3.63) is 30.3 Å². The van der Waals surface area contributed by atoms with E-state index in [-0.39, 0.29) is 23.8 Å². The molecular formula is C20H31N3O6S2. The van der Waals surface area contributed by atoms with Crippen LogP contribution in [-0.2, 0) is 29.1 Å². The quantitative estimate of drug-likeness (QED) is 0.460. The van der Waals surface area contributed by atoms with Crippen molar-refractivity contribution in [1.82, 2.24) is 14.9 Å². The second-order valence-corrected chi connectivity index (χ2v) is 10.6. The number of hydrogen-bond acceptors (Lipinski definition) is 7. The van der Waals surface area contributed by atoms with Crippen molar-refractivity contribution in [2.45, 2.75) is 43.7 Å². The van der Waals surface area contributed by atoms with Crippen LogP contribution in [0.5, 0.6) is 0 Å². The lowest BCUT2D eigenvalue weighted by Gasteiger charge is -2.23. The zero-order chi connectivity index (χ0) is 23.7. The Balaban J connectivity index is 2.71. The maximum Gasteiger partial charge on any atom is 0.324 e. The van der Waals surface area contributed by atoms with Gasteiger partial charge in [-0.2, -0.15) is 16.5 Å². The van der Waals surface area contributed by atoms with E-state index >= 15 is 0 Å². The number of hydrogen-bond donors (Lipinski definition) is 2. The summed E-state index contributed by atoms with van der Waals surface area (Å²) in [4.78, 5) is 37.8. The van der Waals surface area contributed by atoms with Crippen molar-refractivity contribution in [3.8, 4) is 0 Å². The fourth-order valence-corrected chi connectivity index (χ4v) is 4.13. The van der Waals surface area contributed by atoms with Crippen LogP contribution in [0.15, 0.2) is 35.2 Å². The number of nitrogens with one attached hydrogen (secondary N) is 2. The molecule has 0 radical (unpaired) electrons. The molecule has 174 valence electrons. The van der Waals surface area contributed by atoms with Crippen molar-refractivity contribution < 1.29 is 27.5 Å². The lowest BCUT2D eigenvalue weighted by atomic mass is 10.1.